The molecule has 0 spiro atoms. The zero-order chi connectivity index (χ0) is 18.3. The van der Waals surface area contributed by atoms with Gasteiger partial charge in [0.05, 0.1) is 16.2 Å². The van der Waals surface area contributed by atoms with Gasteiger partial charge in [-0.25, -0.2) is 13.2 Å². The second-order valence-electron chi connectivity index (χ2n) is 6.64. The lowest BCUT2D eigenvalue weighted by Gasteiger charge is -2.32. The summed E-state index contributed by atoms with van der Waals surface area (Å²) in [5.74, 6) is -1.00. The van der Waals surface area contributed by atoms with E-state index in [1.54, 1.807) is 18.2 Å². The molecule has 2 aromatic rings. The van der Waals surface area contributed by atoms with Crippen molar-refractivity contribution in [1.29, 1.82) is 0 Å². The van der Waals surface area contributed by atoms with Crippen molar-refractivity contribution in [2.45, 2.75) is 25.7 Å². The van der Waals surface area contributed by atoms with E-state index < -0.39 is 16.0 Å². The zero-order valence-electron chi connectivity index (χ0n) is 14.2. The third kappa shape index (κ3) is 2.80. The van der Waals surface area contributed by atoms with Crippen molar-refractivity contribution >= 4 is 27.8 Å². The van der Waals surface area contributed by atoms with Gasteiger partial charge in [-0.3, -0.25) is 4.31 Å². The molecular weight excluding hydrogens is 350 g/mol. The van der Waals surface area contributed by atoms with E-state index in [1.807, 2.05) is 24.3 Å². The van der Waals surface area contributed by atoms with Gasteiger partial charge in [-0.2, -0.15) is 0 Å². The van der Waals surface area contributed by atoms with Crippen molar-refractivity contribution < 1.29 is 18.3 Å². The van der Waals surface area contributed by atoms with Crippen molar-refractivity contribution in [1.82, 2.24) is 0 Å². The van der Waals surface area contributed by atoms with Crippen LogP contribution in [0.2, 0.25) is 0 Å². The smallest absolute Gasteiger partial charge is 0.335 e. The molecule has 0 radical (unpaired) electrons. The average Bonchev–Trinajstić information content (AvgIpc) is 2.66. The number of allylic oxidation sites excluding steroid dienone is 1. The summed E-state index contributed by atoms with van der Waals surface area (Å²) in [6, 6.07) is 12.5. The summed E-state index contributed by atoms with van der Waals surface area (Å²) in [5, 5.41) is 9.17. The number of sulfonamides is 1. The SMILES string of the molecule is O=C(O)c1ccc2c(c1)CCCN2S(=O)(=O)C1=Cc2ccccc2CC1. The van der Waals surface area contributed by atoms with Crippen LogP contribution in [-0.2, 0) is 22.9 Å². The molecule has 0 atom stereocenters. The van der Waals surface area contributed by atoms with Crippen molar-refractivity contribution in [2.75, 3.05) is 10.8 Å². The van der Waals surface area contributed by atoms with E-state index in [1.165, 1.54) is 10.4 Å². The fourth-order valence-corrected chi connectivity index (χ4v) is 5.42. The minimum Gasteiger partial charge on any atom is -0.478 e. The maximum Gasteiger partial charge on any atom is 0.335 e. The van der Waals surface area contributed by atoms with Crippen LogP contribution in [0.1, 0.15) is 39.9 Å². The molecule has 0 amide bonds. The van der Waals surface area contributed by atoms with Gasteiger partial charge in [0.2, 0.25) is 0 Å². The van der Waals surface area contributed by atoms with Crippen LogP contribution < -0.4 is 4.31 Å². The summed E-state index contributed by atoms with van der Waals surface area (Å²) in [6.45, 7) is 0.417. The normalized spacial score (nSPS) is 16.5. The molecule has 134 valence electrons. The van der Waals surface area contributed by atoms with E-state index in [2.05, 4.69) is 0 Å². The maximum atomic E-state index is 13.3. The number of carboxylic acids is 1. The number of anilines is 1. The molecule has 26 heavy (non-hydrogen) atoms. The standard InChI is InChI=1S/C20H19NO4S/c22-20(23)17-8-10-19-16(12-17)6-3-11-21(19)26(24,25)18-9-7-14-4-1-2-5-15(14)13-18/h1-2,4-5,8,10,12-13H,3,6-7,9,11H2,(H,22,23). The van der Waals surface area contributed by atoms with Crippen molar-refractivity contribution in [3.63, 3.8) is 0 Å². The Morgan fingerprint density at radius 2 is 1.81 bits per heavy atom. The number of nitrogens with zero attached hydrogens (tertiary/aromatic N) is 1. The van der Waals surface area contributed by atoms with E-state index in [4.69, 9.17) is 5.11 Å². The lowest BCUT2D eigenvalue weighted by atomic mass is 9.98. The van der Waals surface area contributed by atoms with Gasteiger partial charge in [-0.1, -0.05) is 24.3 Å². The van der Waals surface area contributed by atoms with Crippen LogP contribution in [0, 0.1) is 0 Å². The van der Waals surface area contributed by atoms with Crippen molar-refractivity contribution in [3.8, 4) is 0 Å². The van der Waals surface area contributed by atoms with E-state index in [-0.39, 0.29) is 5.56 Å². The topological polar surface area (TPSA) is 74.7 Å². The Morgan fingerprint density at radius 3 is 2.62 bits per heavy atom. The van der Waals surface area contributed by atoms with Crippen LogP contribution in [0.5, 0.6) is 0 Å². The fraction of sp³-hybridized carbons (Fsp3) is 0.250. The Labute approximate surface area is 152 Å². The molecule has 4 rings (SSSR count). The average molecular weight is 369 g/mol. The predicted octanol–water partition coefficient (Wildman–Crippen LogP) is 3.45. The van der Waals surface area contributed by atoms with Crippen LogP contribution in [0.15, 0.2) is 47.4 Å². The Morgan fingerprint density at radius 1 is 1.00 bits per heavy atom. The molecule has 1 aliphatic heterocycles. The second-order valence-corrected chi connectivity index (χ2v) is 8.55. The number of rotatable bonds is 3. The summed E-state index contributed by atoms with van der Waals surface area (Å²) in [4.78, 5) is 11.6. The minimum absolute atomic E-state index is 0.189. The maximum absolute atomic E-state index is 13.3. The molecule has 0 saturated heterocycles. The van der Waals surface area contributed by atoms with Crippen LogP contribution in [0.3, 0.4) is 0 Å². The van der Waals surface area contributed by atoms with Gasteiger partial charge >= 0.3 is 5.97 Å². The molecule has 1 heterocycles. The van der Waals surface area contributed by atoms with Gasteiger partial charge in [-0.05, 0) is 66.6 Å². The molecular formula is C20H19NO4S. The summed E-state index contributed by atoms with van der Waals surface area (Å²) in [5.41, 5.74) is 3.68. The molecule has 6 heteroatoms. The van der Waals surface area contributed by atoms with Gasteiger partial charge < -0.3 is 5.11 Å². The van der Waals surface area contributed by atoms with Crippen LogP contribution in [0.4, 0.5) is 5.69 Å². The Hall–Kier alpha value is -2.60. The molecule has 0 unspecified atom stereocenters. The van der Waals surface area contributed by atoms with Crippen LogP contribution in [0.25, 0.3) is 6.08 Å². The summed E-state index contributed by atoms with van der Waals surface area (Å²) >= 11 is 0. The minimum atomic E-state index is -3.63. The first-order valence-corrected chi connectivity index (χ1v) is 10.1. The Kier molecular flexibility index (Phi) is 4.07. The highest BCUT2D eigenvalue weighted by Gasteiger charge is 2.32. The molecule has 5 nitrogen and oxygen atoms in total. The lowest BCUT2D eigenvalue weighted by Crippen LogP contribution is -2.36. The van der Waals surface area contributed by atoms with E-state index in [0.717, 1.165) is 16.7 Å². The number of hydrogen-bond donors (Lipinski definition) is 1. The predicted molar refractivity (Wildman–Crippen MR) is 101 cm³/mol. The monoisotopic (exact) mass is 369 g/mol. The second kappa shape index (κ2) is 6.29. The molecule has 1 aliphatic carbocycles. The van der Waals surface area contributed by atoms with Gasteiger partial charge in [0.25, 0.3) is 10.0 Å². The number of aryl methyl sites for hydroxylation is 2. The molecule has 0 bridgehead atoms. The van der Waals surface area contributed by atoms with E-state index >= 15 is 0 Å². The number of carboxylic acid groups (broad SMARTS) is 1. The van der Waals surface area contributed by atoms with Crippen molar-refractivity contribution in [3.05, 3.63) is 69.6 Å². The lowest BCUT2D eigenvalue weighted by molar-refractivity contribution is 0.0696. The molecule has 0 saturated carbocycles. The van der Waals surface area contributed by atoms with Crippen LogP contribution >= 0.6 is 0 Å². The first-order chi connectivity index (χ1) is 12.5. The number of aromatic carboxylic acids is 1. The zero-order valence-corrected chi connectivity index (χ0v) is 15.0. The van der Waals surface area contributed by atoms with E-state index in [0.29, 0.717) is 42.8 Å². The molecule has 0 fully saturated rings. The molecule has 2 aromatic carbocycles. The quantitative estimate of drug-likeness (QED) is 0.899. The fourth-order valence-electron chi connectivity index (χ4n) is 3.70. The highest BCUT2D eigenvalue weighted by molar-refractivity contribution is 7.96. The molecule has 0 aromatic heterocycles. The Balaban J connectivity index is 1.75. The van der Waals surface area contributed by atoms with Gasteiger partial charge in [-0.15, -0.1) is 0 Å². The Bertz CT molecular complexity index is 1020. The number of carbonyl (C=O) groups is 1. The summed E-state index contributed by atoms with van der Waals surface area (Å²) < 4.78 is 28.0. The van der Waals surface area contributed by atoms with Gasteiger partial charge in [0.15, 0.2) is 0 Å². The third-order valence-corrected chi connectivity index (χ3v) is 6.98. The first kappa shape index (κ1) is 16.8. The van der Waals surface area contributed by atoms with Gasteiger partial charge in [0, 0.05) is 6.54 Å². The number of hydrogen-bond acceptors (Lipinski definition) is 3. The van der Waals surface area contributed by atoms with Crippen molar-refractivity contribution in [2.24, 2.45) is 0 Å². The summed E-state index contributed by atoms with van der Waals surface area (Å²) in [7, 11) is -3.63. The first-order valence-electron chi connectivity index (χ1n) is 8.64. The van der Waals surface area contributed by atoms with Gasteiger partial charge in [0.1, 0.15) is 0 Å². The third-order valence-electron chi connectivity index (χ3n) is 5.04. The number of fused-ring (bicyclic) bond motifs is 2. The largest absolute Gasteiger partial charge is 0.478 e. The van der Waals surface area contributed by atoms with Crippen LogP contribution in [-0.4, -0.2) is 26.0 Å². The highest BCUT2D eigenvalue weighted by atomic mass is 32.2. The van der Waals surface area contributed by atoms with E-state index in [9.17, 15) is 13.2 Å². The molecule has 2 aliphatic rings. The summed E-state index contributed by atoms with van der Waals surface area (Å²) in [6.07, 6.45) is 4.33. The number of benzene rings is 2. The molecule has 1 N–H and O–H groups in total. The highest BCUT2D eigenvalue weighted by Crippen LogP contribution is 2.35.